The van der Waals surface area contributed by atoms with Crippen LogP contribution in [0.1, 0.15) is 51.8 Å². The lowest BCUT2D eigenvalue weighted by molar-refractivity contribution is -0.137. The molecule has 0 saturated carbocycles. The minimum atomic E-state index is -4.64. The Hall–Kier alpha value is -4.11. The molecule has 1 aliphatic rings. The second-order valence-corrected chi connectivity index (χ2v) is 10.7. The normalized spacial score (nSPS) is 14.3. The summed E-state index contributed by atoms with van der Waals surface area (Å²) >= 11 is 0. The first-order valence-corrected chi connectivity index (χ1v) is 14.2. The van der Waals surface area contributed by atoms with Gasteiger partial charge in [-0.1, -0.05) is 25.1 Å². The van der Waals surface area contributed by atoms with Gasteiger partial charge >= 0.3 is 6.18 Å². The summed E-state index contributed by atoms with van der Waals surface area (Å²) in [7, 11) is 0. The largest absolute Gasteiger partial charge is 0.417 e. The van der Waals surface area contributed by atoms with E-state index in [9.17, 15) is 18.0 Å². The molecule has 42 heavy (non-hydrogen) atoms. The number of anilines is 1. The van der Waals surface area contributed by atoms with E-state index < -0.39 is 17.5 Å². The molecule has 9 heteroatoms. The molecule has 6 nitrogen and oxygen atoms in total. The molecule has 1 aliphatic heterocycles. The van der Waals surface area contributed by atoms with Crippen LogP contribution in [0.3, 0.4) is 0 Å². The van der Waals surface area contributed by atoms with Crippen LogP contribution >= 0.6 is 0 Å². The van der Waals surface area contributed by atoms with Gasteiger partial charge in [0.05, 0.1) is 11.3 Å². The van der Waals surface area contributed by atoms with E-state index in [0.29, 0.717) is 36.6 Å². The van der Waals surface area contributed by atoms with Crippen LogP contribution in [0.25, 0.3) is 11.3 Å². The Kier molecular flexibility index (Phi) is 8.97. The number of hydrogen-bond donors (Lipinski definition) is 0. The van der Waals surface area contributed by atoms with Crippen LogP contribution in [0.4, 0.5) is 18.9 Å². The molecule has 0 spiro atoms. The van der Waals surface area contributed by atoms with E-state index >= 15 is 0 Å². The molecule has 0 radical (unpaired) electrons. The molecule has 2 aromatic carbocycles. The average molecular weight is 574 g/mol. The van der Waals surface area contributed by atoms with Gasteiger partial charge in [-0.25, -0.2) is 9.97 Å². The monoisotopic (exact) mass is 573 g/mol. The summed E-state index contributed by atoms with van der Waals surface area (Å²) in [4.78, 5) is 30.8. The van der Waals surface area contributed by atoms with Crippen LogP contribution in [-0.4, -0.2) is 58.4 Å². The molecule has 3 heterocycles. The number of ketones is 1. The van der Waals surface area contributed by atoms with Gasteiger partial charge in [-0.05, 0) is 73.0 Å². The van der Waals surface area contributed by atoms with Crippen LogP contribution in [0.2, 0.25) is 0 Å². The zero-order chi connectivity index (χ0) is 29.7. The number of nitrogens with zero attached hydrogens (tertiary/aromatic N) is 5. The molecule has 0 N–H and O–H groups in total. The predicted molar refractivity (Wildman–Crippen MR) is 158 cm³/mol. The fourth-order valence-corrected chi connectivity index (χ4v) is 5.39. The molecule has 0 unspecified atom stereocenters. The topological polar surface area (TPSA) is 62.2 Å². The van der Waals surface area contributed by atoms with E-state index in [2.05, 4.69) is 26.8 Å². The number of benzene rings is 2. The van der Waals surface area contributed by atoms with E-state index in [1.165, 1.54) is 6.07 Å². The molecule has 5 rings (SSSR count). The summed E-state index contributed by atoms with van der Waals surface area (Å²) in [6.07, 6.45) is 1.83. The Morgan fingerprint density at radius 1 is 0.976 bits per heavy atom. The summed E-state index contributed by atoms with van der Waals surface area (Å²) in [6, 6.07) is 15.2. The minimum Gasteiger partial charge on any atom is -0.369 e. The Morgan fingerprint density at radius 3 is 2.50 bits per heavy atom. The fourth-order valence-electron chi connectivity index (χ4n) is 5.39. The second kappa shape index (κ2) is 12.8. The van der Waals surface area contributed by atoms with Gasteiger partial charge in [0.15, 0.2) is 5.78 Å². The Morgan fingerprint density at radius 2 is 1.79 bits per heavy atom. The number of halogens is 3. The number of Topliss-reactive ketones (excluding diaryl/α,β-unsaturated/α-hetero) is 1. The van der Waals surface area contributed by atoms with Crippen molar-refractivity contribution < 1.29 is 18.0 Å². The maximum atomic E-state index is 14.2. The molecule has 0 bridgehead atoms. The lowest BCUT2D eigenvalue weighted by Gasteiger charge is -2.36. The lowest BCUT2D eigenvalue weighted by Crippen LogP contribution is -2.46. The summed E-state index contributed by atoms with van der Waals surface area (Å²) in [6.45, 7) is 7.99. The van der Waals surface area contributed by atoms with Crippen LogP contribution in [0.5, 0.6) is 0 Å². The van der Waals surface area contributed by atoms with Gasteiger partial charge < -0.3 is 4.90 Å². The van der Waals surface area contributed by atoms with Crippen molar-refractivity contribution in [2.24, 2.45) is 0 Å². The highest BCUT2D eigenvalue weighted by Gasteiger charge is 2.36. The van der Waals surface area contributed by atoms with Gasteiger partial charge in [-0.3, -0.25) is 14.7 Å². The number of aryl methyl sites for hydroxylation is 1. The first-order chi connectivity index (χ1) is 20.2. The highest BCUT2D eigenvalue weighted by molar-refractivity contribution is 5.99. The highest BCUT2D eigenvalue weighted by Crippen LogP contribution is 2.35. The van der Waals surface area contributed by atoms with E-state index in [-0.39, 0.29) is 12.0 Å². The van der Waals surface area contributed by atoms with Crippen molar-refractivity contribution in [1.29, 1.82) is 0 Å². The van der Waals surface area contributed by atoms with E-state index in [1.54, 1.807) is 30.7 Å². The molecule has 1 fully saturated rings. The maximum absolute atomic E-state index is 14.2. The number of hydrogen-bond acceptors (Lipinski definition) is 6. The Balaban J connectivity index is 1.34. The molecular formula is C33H34F3N5O. The molecule has 218 valence electrons. The second-order valence-electron chi connectivity index (χ2n) is 10.7. The summed E-state index contributed by atoms with van der Waals surface area (Å²) in [5.41, 5.74) is 3.50. The predicted octanol–water partition coefficient (Wildman–Crippen LogP) is 6.41. The van der Waals surface area contributed by atoms with E-state index in [0.717, 1.165) is 54.5 Å². The third-order valence-electron chi connectivity index (χ3n) is 7.68. The van der Waals surface area contributed by atoms with E-state index in [4.69, 9.17) is 0 Å². The van der Waals surface area contributed by atoms with Crippen molar-refractivity contribution in [1.82, 2.24) is 19.9 Å². The van der Waals surface area contributed by atoms with Crippen molar-refractivity contribution in [2.45, 2.75) is 39.3 Å². The first-order valence-electron chi connectivity index (χ1n) is 14.2. The number of rotatable bonds is 9. The van der Waals surface area contributed by atoms with Crippen molar-refractivity contribution in [3.05, 3.63) is 107 Å². The number of carbonyl (C=O) groups is 1. The van der Waals surface area contributed by atoms with Crippen LogP contribution in [0.15, 0.2) is 73.2 Å². The Bertz CT molecular complexity index is 1530. The molecule has 0 amide bonds. The summed E-state index contributed by atoms with van der Waals surface area (Å²) < 4.78 is 42.5. The third kappa shape index (κ3) is 7.02. The quantitative estimate of drug-likeness (QED) is 0.216. The van der Waals surface area contributed by atoms with E-state index in [1.807, 2.05) is 42.2 Å². The summed E-state index contributed by atoms with van der Waals surface area (Å²) in [5.74, 6) is 0.0414. The average Bonchev–Trinajstić information content (AvgIpc) is 2.99. The van der Waals surface area contributed by atoms with Crippen molar-refractivity contribution in [2.75, 3.05) is 37.6 Å². The van der Waals surface area contributed by atoms with Gasteiger partial charge in [-0.2, -0.15) is 13.2 Å². The number of piperazine rings is 1. The number of pyridine rings is 1. The molecule has 1 saturated heterocycles. The number of alkyl halides is 3. The first kappa shape index (κ1) is 29.4. The highest BCUT2D eigenvalue weighted by atomic mass is 19.4. The van der Waals surface area contributed by atoms with Gasteiger partial charge in [0.25, 0.3) is 0 Å². The maximum Gasteiger partial charge on any atom is 0.417 e. The summed E-state index contributed by atoms with van der Waals surface area (Å²) in [5, 5.41) is 0. The zero-order valence-electron chi connectivity index (χ0n) is 23.9. The lowest BCUT2D eigenvalue weighted by atomic mass is 9.94. The van der Waals surface area contributed by atoms with Crippen LogP contribution < -0.4 is 4.90 Å². The van der Waals surface area contributed by atoms with Crippen LogP contribution in [0, 0.1) is 6.92 Å². The van der Waals surface area contributed by atoms with Gasteiger partial charge in [0, 0.05) is 74.4 Å². The van der Waals surface area contributed by atoms with Crippen molar-refractivity contribution >= 4 is 11.5 Å². The Labute approximate surface area is 244 Å². The third-order valence-corrected chi connectivity index (χ3v) is 7.68. The minimum absolute atomic E-state index is 0.137. The molecule has 0 aliphatic carbocycles. The van der Waals surface area contributed by atoms with Gasteiger partial charge in [0.1, 0.15) is 5.82 Å². The van der Waals surface area contributed by atoms with Crippen LogP contribution in [-0.2, 0) is 19.0 Å². The number of carbonyl (C=O) groups excluding carboxylic acids is 1. The van der Waals surface area contributed by atoms with Gasteiger partial charge in [0.2, 0.25) is 0 Å². The van der Waals surface area contributed by atoms with Crippen molar-refractivity contribution in [3.63, 3.8) is 0 Å². The zero-order valence-corrected chi connectivity index (χ0v) is 23.9. The fraction of sp³-hybridized carbons (Fsp3) is 0.333. The smallest absolute Gasteiger partial charge is 0.369 e. The molecule has 0 atom stereocenters. The standard InChI is InChI=1S/C33H34F3N5O/c1-3-13-40-14-16-41(17-15-40)27-8-9-28(29(21-27)33(34,35)36)31(42)19-24-7-6-23(2)26(18-24)20-32-38-12-10-30(39-32)25-5-4-11-37-22-25/h4-12,18,21-22H,3,13-17,19-20H2,1-2H3. The molecular weight excluding hydrogens is 539 g/mol. The molecule has 2 aromatic heterocycles. The number of aromatic nitrogens is 3. The van der Waals surface area contributed by atoms with Gasteiger partial charge in [-0.15, -0.1) is 0 Å². The SMILES string of the molecule is CCCN1CCN(c2ccc(C(=O)Cc3ccc(C)c(Cc4nccc(-c5cccnc5)n4)c3)c(C(F)(F)F)c2)CC1. The molecule has 4 aromatic rings. The van der Waals surface area contributed by atoms with Crippen molar-refractivity contribution in [3.8, 4) is 11.3 Å².